The Morgan fingerprint density at radius 1 is 1.00 bits per heavy atom. The average Bonchev–Trinajstić information content (AvgIpc) is 2.40. The number of ketones is 1. The van der Waals surface area contributed by atoms with Gasteiger partial charge >= 0.3 is 0 Å². The molecule has 3 heteroatoms. The van der Waals surface area contributed by atoms with E-state index < -0.39 is 0 Å². The molecule has 0 atom stereocenters. The molecule has 0 saturated carbocycles. The summed E-state index contributed by atoms with van der Waals surface area (Å²) >= 11 is 5.87. The molecule has 0 aliphatic carbocycles. The van der Waals surface area contributed by atoms with E-state index in [-0.39, 0.29) is 12.4 Å². The van der Waals surface area contributed by atoms with Crippen LogP contribution in [0.4, 0.5) is 0 Å². The fourth-order valence-corrected chi connectivity index (χ4v) is 2.00. The predicted octanol–water partition coefficient (Wildman–Crippen LogP) is 3.67. The second-order valence-corrected chi connectivity index (χ2v) is 4.76. The van der Waals surface area contributed by atoms with Crippen LogP contribution in [0.15, 0.2) is 54.6 Å². The average molecular weight is 275 g/mol. The number of halogens is 1. The van der Waals surface area contributed by atoms with Crippen molar-refractivity contribution in [3.63, 3.8) is 0 Å². The van der Waals surface area contributed by atoms with Gasteiger partial charge in [0.1, 0.15) is 6.61 Å². The van der Waals surface area contributed by atoms with Gasteiger partial charge in [-0.25, -0.2) is 0 Å². The first-order valence-corrected chi connectivity index (χ1v) is 6.49. The smallest absolute Gasteiger partial charge is 0.162 e. The monoisotopic (exact) mass is 274 g/mol. The number of benzene rings is 2. The Morgan fingerprint density at radius 3 is 2.47 bits per heavy atom. The van der Waals surface area contributed by atoms with E-state index in [0.29, 0.717) is 18.1 Å². The number of rotatable bonds is 6. The molecule has 0 bridgehead atoms. The summed E-state index contributed by atoms with van der Waals surface area (Å²) in [5.74, 6) is 0.0771. The Bertz CT molecular complexity index is 537. The highest BCUT2D eigenvalue weighted by Gasteiger charge is 2.04. The van der Waals surface area contributed by atoms with Gasteiger partial charge in [-0.2, -0.15) is 0 Å². The van der Waals surface area contributed by atoms with Gasteiger partial charge in [0.25, 0.3) is 0 Å². The Morgan fingerprint density at radius 2 is 1.74 bits per heavy atom. The lowest BCUT2D eigenvalue weighted by Gasteiger charge is -2.04. The first-order valence-electron chi connectivity index (χ1n) is 6.12. The molecule has 0 fully saturated rings. The van der Waals surface area contributed by atoms with Gasteiger partial charge in [0.05, 0.1) is 6.61 Å². The van der Waals surface area contributed by atoms with E-state index in [1.165, 1.54) is 0 Å². The number of ether oxygens (including phenoxy) is 1. The fourth-order valence-electron chi connectivity index (χ4n) is 1.78. The van der Waals surface area contributed by atoms with Crippen LogP contribution in [0.5, 0.6) is 0 Å². The SMILES string of the molecule is O=C(COCc1cccc(Cl)c1)Cc1ccccc1. The zero-order chi connectivity index (χ0) is 13.5. The molecule has 0 aromatic heterocycles. The summed E-state index contributed by atoms with van der Waals surface area (Å²) < 4.78 is 5.40. The van der Waals surface area contributed by atoms with E-state index in [9.17, 15) is 4.79 Å². The Kier molecular flexibility index (Phi) is 5.13. The maximum Gasteiger partial charge on any atom is 0.162 e. The molecule has 98 valence electrons. The van der Waals surface area contributed by atoms with Crippen molar-refractivity contribution in [2.45, 2.75) is 13.0 Å². The summed E-state index contributed by atoms with van der Waals surface area (Å²) in [5.41, 5.74) is 1.99. The highest BCUT2D eigenvalue weighted by Crippen LogP contribution is 2.11. The van der Waals surface area contributed by atoms with Crippen molar-refractivity contribution in [2.24, 2.45) is 0 Å². The third kappa shape index (κ3) is 4.86. The molecule has 19 heavy (non-hydrogen) atoms. The van der Waals surface area contributed by atoms with Crippen LogP contribution in [0.1, 0.15) is 11.1 Å². The Hall–Kier alpha value is -1.64. The molecule has 2 rings (SSSR count). The van der Waals surface area contributed by atoms with Crippen LogP contribution in [0.2, 0.25) is 5.02 Å². The molecular weight excluding hydrogens is 260 g/mol. The van der Waals surface area contributed by atoms with Crippen LogP contribution >= 0.6 is 11.6 Å². The number of Topliss-reactive ketones (excluding diaryl/α,β-unsaturated/α-hetero) is 1. The second kappa shape index (κ2) is 7.07. The zero-order valence-corrected chi connectivity index (χ0v) is 11.3. The van der Waals surface area contributed by atoms with Crippen molar-refractivity contribution in [3.8, 4) is 0 Å². The minimum Gasteiger partial charge on any atom is -0.369 e. The summed E-state index contributed by atoms with van der Waals surface area (Å²) in [4.78, 5) is 11.7. The number of carbonyl (C=O) groups is 1. The maximum absolute atomic E-state index is 11.7. The summed E-state index contributed by atoms with van der Waals surface area (Å²) in [6.45, 7) is 0.530. The lowest BCUT2D eigenvalue weighted by molar-refractivity contribution is -0.123. The molecule has 0 aliphatic heterocycles. The highest BCUT2D eigenvalue weighted by atomic mass is 35.5. The van der Waals surface area contributed by atoms with Crippen LogP contribution < -0.4 is 0 Å². The molecule has 0 N–H and O–H groups in total. The number of hydrogen-bond donors (Lipinski definition) is 0. The van der Waals surface area contributed by atoms with Crippen molar-refractivity contribution in [1.82, 2.24) is 0 Å². The molecule has 0 amide bonds. The van der Waals surface area contributed by atoms with Gasteiger partial charge in [-0.3, -0.25) is 4.79 Å². The Labute approximate surface area is 118 Å². The van der Waals surface area contributed by atoms with E-state index in [4.69, 9.17) is 16.3 Å². The molecule has 0 heterocycles. The third-order valence-electron chi connectivity index (χ3n) is 2.66. The van der Waals surface area contributed by atoms with Gasteiger partial charge in [0.2, 0.25) is 0 Å². The predicted molar refractivity (Wildman–Crippen MR) is 76.3 cm³/mol. The Balaban J connectivity index is 1.75. The van der Waals surface area contributed by atoms with Crippen molar-refractivity contribution in [2.75, 3.05) is 6.61 Å². The van der Waals surface area contributed by atoms with Crippen molar-refractivity contribution in [1.29, 1.82) is 0 Å². The van der Waals surface area contributed by atoms with Crippen molar-refractivity contribution >= 4 is 17.4 Å². The molecule has 2 aromatic carbocycles. The molecular formula is C16H15ClO2. The molecule has 0 spiro atoms. The molecule has 0 radical (unpaired) electrons. The first-order chi connectivity index (χ1) is 9.24. The molecule has 0 unspecified atom stereocenters. The zero-order valence-electron chi connectivity index (χ0n) is 10.5. The van der Waals surface area contributed by atoms with E-state index in [1.807, 2.05) is 54.6 Å². The minimum atomic E-state index is 0.0771. The third-order valence-corrected chi connectivity index (χ3v) is 2.90. The van der Waals surface area contributed by atoms with E-state index in [2.05, 4.69) is 0 Å². The largest absolute Gasteiger partial charge is 0.369 e. The minimum absolute atomic E-state index is 0.0771. The van der Waals surface area contributed by atoms with Gasteiger partial charge in [-0.15, -0.1) is 0 Å². The van der Waals surface area contributed by atoms with Crippen LogP contribution in [0.3, 0.4) is 0 Å². The van der Waals surface area contributed by atoms with Crippen LogP contribution in [0.25, 0.3) is 0 Å². The van der Waals surface area contributed by atoms with Gasteiger partial charge < -0.3 is 4.74 Å². The van der Waals surface area contributed by atoms with Crippen molar-refractivity contribution in [3.05, 3.63) is 70.7 Å². The number of hydrogen-bond acceptors (Lipinski definition) is 2. The standard InChI is InChI=1S/C16H15ClO2/c17-15-8-4-7-14(9-15)11-19-12-16(18)10-13-5-2-1-3-6-13/h1-9H,10-12H2. The second-order valence-electron chi connectivity index (χ2n) is 4.32. The normalized spacial score (nSPS) is 10.4. The maximum atomic E-state index is 11.7. The molecule has 2 aromatic rings. The van der Waals surface area contributed by atoms with Gasteiger partial charge in [-0.05, 0) is 23.3 Å². The summed E-state index contributed by atoms with van der Waals surface area (Å²) in [6, 6.07) is 17.1. The van der Waals surface area contributed by atoms with Crippen LogP contribution in [0, 0.1) is 0 Å². The van der Waals surface area contributed by atoms with Crippen LogP contribution in [-0.2, 0) is 22.6 Å². The lowest BCUT2D eigenvalue weighted by Crippen LogP contribution is -2.11. The van der Waals surface area contributed by atoms with E-state index >= 15 is 0 Å². The lowest BCUT2D eigenvalue weighted by atomic mass is 10.1. The fraction of sp³-hybridized carbons (Fsp3) is 0.188. The van der Waals surface area contributed by atoms with Gasteiger partial charge in [0, 0.05) is 11.4 Å². The summed E-state index contributed by atoms with van der Waals surface area (Å²) in [6.07, 6.45) is 0.413. The number of carbonyl (C=O) groups excluding carboxylic acids is 1. The summed E-state index contributed by atoms with van der Waals surface area (Å²) in [7, 11) is 0. The van der Waals surface area contributed by atoms with Crippen molar-refractivity contribution < 1.29 is 9.53 Å². The van der Waals surface area contributed by atoms with Gasteiger partial charge in [0.15, 0.2) is 5.78 Å². The first kappa shape index (κ1) is 13.8. The van der Waals surface area contributed by atoms with Gasteiger partial charge in [-0.1, -0.05) is 54.1 Å². The van der Waals surface area contributed by atoms with Crippen LogP contribution in [-0.4, -0.2) is 12.4 Å². The molecule has 0 aliphatic rings. The summed E-state index contributed by atoms with van der Waals surface area (Å²) in [5, 5.41) is 0.678. The molecule has 0 saturated heterocycles. The topological polar surface area (TPSA) is 26.3 Å². The van der Waals surface area contributed by atoms with E-state index in [0.717, 1.165) is 11.1 Å². The highest BCUT2D eigenvalue weighted by molar-refractivity contribution is 6.30. The van der Waals surface area contributed by atoms with E-state index in [1.54, 1.807) is 0 Å². The molecule has 2 nitrogen and oxygen atoms in total. The quantitative estimate of drug-likeness (QED) is 0.803.